The summed E-state index contributed by atoms with van der Waals surface area (Å²) < 4.78 is 248. The first-order valence-corrected chi connectivity index (χ1v) is 36.1. The summed E-state index contributed by atoms with van der Waals surface area (Å²) >= 11 is 7.98. The van der Waals surface area contributed by atoms with Gasteiger partial charge in [0.2, 0.25) is 0 Å². The maximum absolute atomic E-state index is 10.7. The third-order valence-corrected chi connectivity index (χ3v) is 14.5. The average molecular weight is 1560 g/mol. The topological polar surface area (TPSA) is 15.5 Å². The van der Waals surface area contributed by atoms with E-state index in [1.54, 1.807) is 0 Å². The first-order valence-electron chi connectivity index (χ1n) is 26.4. The van der Waals surface area contributed by atoms with Gasteiger partial charge in [0.1, 0.15) is 0 Å². The van der Waals surface area contributed by atoms with E-state index in [1.165, 1.54) is 89.0 Å². The van der Waals surface area contributed by atoms with Gasteiger partial charge >= 0.3 is 132 Å². The molecule has 4 aromatic heterocycles. The molecule has 0 unspecified atom stereocenters. The SMILES string of the molecule is Brc1c2cccc1-c1ccc(cc1)C[n+]1ccc(cc1)-c1cc[n+](cc1)Cc1ccc(cc1)-c1cccc(c1Br)-c1ccc(cc1)C[n+]1ccc(cc1)-c1cc[n+](cc1)Cc1ccc-2cc1.F[P-](F)(F)(F)(F)F.F[P-](F)(F)(F)(F)F.F[P-](F)(F)(F)(F)F.F[P-](F)(F)(F)(F)F. The minimum atomic E-state index is -10.7. The Morgan fingerprint density at radius 3 is 0.479 bits per heavy atom. The first-order chi connectivity index (χ1) is 42.2. The number of nitrogens with zero attached hydrogens (tertiary/aromatic N) is 4. The molecule has 0 saturated heterocycles. The van der Waals surface area contributed by atoms with Crippen LogP contribution in [-0.4, -0.2) is 0 Å². The number of aromatic nitrogens is 4. The molecule has 10 aromatic rings. The Kier molecular flexibility index (Phi) is 18.9. The van der Waals surface area contributed by atoms with E-state index in [9.17, 15) is 101 Å². The Balaban J connectivity index is 0.000000374. The fourth-order valence-electron chi connectivity index (χ4n) is 8.98. The predicted octanol–water partition coefficient (Wildman–Crippen LogP) is 26.4. The van der Waals surface area contributed by atoms with Gasteiger partial charge in [-0.3, -0.25) is 0 Å². The van der Waals surface area contributed by atoms with Gasteiger partial charge in [-0.05, 0) is 98.6 Å². The molecule has 0 radical (unpaired) electrons. The van der Waals surface area contributed by atoms with Crippen LogP contribution in [0, 0.1) is 0 Å². The van der Waals surface area contributed by atoms with Crippen LogP contribution in [0.5, 0.6) is 0 Å². The standard InChI is InChI=1S/C60H46Br2N4.4F6P/c61-59-55-3-1-4-56(59)52-17-9-44(10-18-52)40-64-33-25-48(26-34-64)50-29-37-66(38-30-50)42-46-13-21-54(22-14-46)58-6-2-5-57(60(58)62)53-19-11-45(12-20-53)41-65-35-27-49(28-36-65)47-23-31-63(32-24-47)39-43-7-15-51(55)16-8-43;4*1-7(2,3,4,5)6/h1-38H,39-42H2;;;;/q+4;4*-1. The van der Waals surface area contributed by atoms with Crippen molar-refractivity contribution in [2.24, 2.45) is 0 Å². The molecule has 13 aliphatic heterocycles. The second-order valence-electron chi connectivity index (χ2n) is 21.0. The van der Waals surface area contributed by atoms with Crippen LogP contribution in [0.2, 0.25) is 0 Å². The molecule has 23 rings (SSSR count). The van der Waals surface area contributed by atoms with Gasteiger partial charge in [0.25, 0.3) is 0 Å². The van der Waals surface area contributed by atoms with Gasteiger partial charge in [-0.25, -0.2) is 18.3 Å². The Morgan fingerprint density at radius 1 is 0.202 bits per heavy atom. The van der Waals surface area contributed by atoms with Gasteiger partial charge in [0, 0.05) is 79.7 Å². The first kappa shape index (κ1) is 74.3. The molecule has 4 nitrogen and oxygen atoms in total. The Morgan fingerprint density at radius 2 is 0.340 bits per heavy atom. The normalized spacial score (nSPS) is 15.4. The predicted molar refractivity (Wildman–Crippen MR) is 325 cm³/mol. The van der Waals surface area contributed by atoms with Gasteiger partial charge in [-0.1, -0.05) is 133 Å². The van der Waals surface area contributed by atoms with Crippen LogP contribution in [0.4, 0.5) is 101 Å². The van der Waals surface area contributed by atoms with Crippen LogP contribution in [0.3, 0.4) is 0 Å². The van der Waals surface area contributed by atoms with Crippen LogP contribution >= 0.6 is 63.1 Å². The number of pyridine rings is 4. The van der Waals surface area contributed by atoms with E-state index in [0.717, 1.165) is 35.1 Å². The van der Waals surface area contributed by atoms with Gasteiger partial charge in [-0.15, -0.1) is 0 Å². The second kappa shape index (κ2) is 23.9. The van der Waals surface area contributed by atoms with Crippen molar-refractivity contribution in [1.82, 2.24) is 0 Å². The molecule has 17 heterocycles. The molecule has 0 N–H and O–H groups in total. The number of benzene rings is 6. The van der Waals surface area contributed by atoms with Crippen molar-refractivity contribution < 1.29 is 119 Å². The number of hydrogen-bond acceptors (Lipinski definition) is 0. The van der Waals surface area contributed by atoms with E-state index in [1.807, 2.05) is 0 Å². The van der Waals surface area contributed by atoms with Crippen molar-refractivity contribution in [1.29, 1.82) is 0 Å². The zero-order valence-electron chi connectivity index (χ0n) is 47.2. The van der Waals surface area contributed by atoms with E-state index >= 15 is 0 Å². The van der Waals surface area contributed by atoms with Crippen molar-refractivity contribution >= 4 is 63.1 Å². The van der Waals surface area contributed by atoms with Crippen molar-refractivity contribution in [2.45, 2.75) is 26.2 Å². The zero-order chi connectivity index (χ0) is 70.0. The molecular weight excluding hydrogens is 1520 g/mol. The molecule has 13 aliphatic rings. The van der Waals surface area contributed by atoms with Crippen LogP contribution in [0.1, 0.15) is 22.3 Å². The minimum absolute atomic E-state index is 0.799. The van der Waals surface area contributed by atoms with E-state index < -0.39 is 31.2 Å². The summed E-state index contributed by atoms with van der Waals surface area (Å²) in [4.78, 5) is 0. The summed E-state index contributed by atoms with van der Waals surface area (Å²) in [5.74, 6) is 0. The van der Waals surface area contributed by atoms with Gasteiger partial charge in [0.05, 0.1) is 0 Å². The van der Waals surface area contributed by atoms with E-state index in [4.69, 9.17) is 0 Å². The molecule has 0 atom stereocenters. The third-order valence-electron chi connectivity index (χ3n) is 12.7. The summed E-state index contributed by atoms with van der Waals surface area (Å²) in [6.45, 7) is 3.20. The van der Waals surface area contributed by atoms with Crippen LogP contribution < -0.4 is 18.3 Å². The Labute approximate surface area is 535 Å². The Hall–Kier alpha value is -7.08. The van der Waals surface area contributed by atoms with E-state index in [0.29, 0.717) is 0 Å². The summed E-state index contributed by atoms with van der Waals surface area (Å²) in [6.07, 6.45) is 17.4. The summed E-state index contributed by atoms with van der Waals surface area (Å²) in [7, 11) is -42.6. The van der Waals surface area contributed by atoms with E-state index in [-0.39, 0.29) is 0 Å². The van der Waals surface area contributed by atoms with Crippen molar-refractivity contribution in [3.8, 4) is 66.8 Å². The van der Waals surface area contributed by atoms with Crippen molar-refractivity contribution in [3.63, 3.8) is 0 Å². The van der Waals surface area contributed by atoms with Crippen LogP contribution in [0.15, 0.2) is 241 Å². The molecule has 508 valence electrons. The Bertz CT molecular complexity index is 3730. The number of hydrogen-bond donors (Lipinski definition) is 0. The number of halogens is 26. The summed E-state index contributed by atoms with van der Waals surface area (Å²) in [5.41, 5.74) is 19.3. The van der Waals surface area contributed by atoms with Gasteiger partial charge < -0.3 is 0 Å². The van der Waals surface area contributed by atoms with E-state index in [2.05, 4.69) is 282 Å². The molecule has 34 heteroatoms. The van der Waals surface area contributed by atoms with Crippen molar-refractivity contribution in [2.75, 3.05) is 0 Å². The maximum atomic E-state index is 9.87. The van der Waals surface area contributed by atoms with Gasteiger partial charge in [0.15, 0.2) is 75.8 Å². The molecule has 0 spiro atoms. The molecule has 0 fully saturated rings. The molecule has 0 amide bonds. The van der Waals surface area contributed by atoms with Gasteiger partial charge in [-0.2, -0.15) is 0 Å². The molecule has 20 bridgehead atoms. The van der Waals surface area contributed by atoms with Crippen LogP contribution in [0.25, 0.3) is 66.8 Å². The molecule has 0 aliphatic carbocycles. The monoisotopic (exact) mass is 1560 g/mol. The average Bonchev–Trinajstić information content (AvgIpc) is 0.822. The molecule has 94 heavy (non-hydrogen) atoms. The number of rotatable bonds is 0. The quantitative estimate of drug-likeness (QED) is 0.0817. The second-order valence-corrected chi connectivity index (χ2v) is 30.2. The third kappa shape index (κ3) is 30.1. The van der Waals surface area contributed by atoms with Crippen molar-refractivity contribution in [3.05, 3.63) is 263 Å². The summed E-state index contributed by atoms with van der Waals surface area (Å²) in [6, 6.07) is 66.5. The fraction of sp³-hybridized carbons (Fsp3) is 0.0667. The summed E-state index contributed by atoms with van der Waals surface area (Å²) in [5, 5.41) is 0. The fourth-order valence-corrected chi connectivity index (χ4v) is 10.4. The molecule has 0 saturated carbocycles. The molecule has 6 aromatic carbocycles. The zero-order valence-corrected chi connectivity index (χ0v) is 53.9. The van der Waals surface area contributed by atoms with Crippen LogP contribution in [-0.2, 0) is 26.2 Å². The molecular formula is C60H46Br2F24N4P4.